The highest BCUT2D eigenvalue weighted by Gasteiger charge is 2.73. The molecule has 9 heteroatoms. The van der Waals surface area contributed by atoms with Crippen molar-refractivity contribution in [3.63, 3.8) is 0 Å². The molecule has 5 rings (SSSR count). The largest absolute Gasteiger partial charge is 0.469 e. The van der Waals surface area contributed by atoms with Gasteiger partial charge in [0.2, 0.25) is 17.7 Å². The number of methoxy groups -OCH3 is 1. The Morgan fingerprint density at radius 1 is 1.12 bits per heavy atom. The lowest BCUT2D eigenvalue weighted by Gasteiger charge is -2.45. The number of nitrogens with one attached hydrogen (secondary N) is 1. The van der Waals surface area contributed by atoms with Gasteiger partial charge in [0.15, 0.2) is 0 Å². The number of amides is 3. The van der Waals surface area contributed by atoms with Crippen LogP contribution >= 0.6 is 11.6 Å². The highest BCUT2D eigenvalue weighted by atomic mass is 35.5. The summed E-state index contributed by atoms with van der Waals surface area (Å²) in [5.41, 5.74) is -0.380. The number of halogens is 1. The van der Waals surface area contributed by atoms with Crippen molar-refractivity contribution in [1.29, 1.82) is 0 Å². The number of hydrogen-bond acceptors (Lipinski definition) is 6. The molecule has 2 aromatic rings. The number of piperazine rings is 1. The summed E-state index contributed by atoms with van der Waals surface area (Å²) < 4.78 is 4.91. The molecule has 170 valence electrons. The van der Waals surface area contributed by atoms with Gasteiger partial charge in [-0.2, -0.15) is 0 Å². The second-order valence-corrected chi connectivity index (χ2v) is 8.91. The number of fused-ring (bicyclic) bond motifs is 3. The quantitative estimate of drug-likeness (QED) is 0.545. The molecule has 3 amide bonds. The van der Waals surface area contributed by atoms with Crippen molar-refractivity contribution in [3.8, 4) is 0 Å². The van der Waals surface area contributed by atoms with Gasteiger partial charge in [-0.1, -0.05) is 48.0 Å². The van der Waals surface area contributed by atoms with E-state index in [0.29, 0.717) is 23.8 Å². The van der Waals surface area contributed by atoms with E-state index in [2.05, 4.69) is 5.32 Å². The molecule has 0 unspecified atom stereocenters. The average Bonchev–Trinajstić information content (AvgIpc) is 3.25. The van der Waals surface area contributed by atoms with Crippen molar-refractivity contribution in [2.45, 2.75) is 18.0 Å². The minimum atomic E-state index is -1.53. The Balaban J connectivity index is 1.71. The predicted octanol–water partition coefficient (Wildman–Crippen LogP) is 1.93. The Morgan fingerprint density at radius 2 is 1.88 bits per heavy atom. The molecule has 3 saturated heterocycles. The minimum absolute atomic E-state index is 0.331. The maximum absolute atomic E-state index is 13.9. The molecule has 8 nitrogen and oxygen atoms in total. The summed E-state index contributed by atoms with van der Waals surface area (Å²) in [4.78, 5) is 56.6. The summed E-state index contributed by atoms with van der Waals surface area (Å²) in [6, 6.07) is 15.3. The Bertz CT molecular complexity index is 1160. The molecule has 3 fully saturated rings. The van der Waals surface area contributed by atoms with Gasteiger partial charge >= 0.3 is 5.97 Å². The lowest BCUT2D eigenvalue weighted by molar-refractivity contribution is -0.154. The van der Waals surface area contributed by atoms with Crippen molar-refractivity contribution in [3.05, 3.63) is 65.2 Å². The van der Waals surface area contributed by atoms with E-state index < -0.39 is 47.1 Å². The standard InChI is InChI=1S/C24H22ClN3O5/c1-33-17(29)13-24-19-18(21(30)28(22(19)31)16-9-5-8-15(25)12-16)20(14-6-3-2-4-7-14)27(24)11-10-26-23(24)32/h2-9,12,18-20H,10-11,13H2,1H3,(H,26,32)/t18-,19+,20+,24-/m0/s1. The molecule has 3 heterocycles. The molecule has 2 aromatic carbocycles. The van der Waals surface area contributed by atoms with Gasteiger partial charge in [0, 0.05) is 24.2 Å². The zero-order valence-electron chi connectivity index (χ0n) is 17.9. The van der Waals surface area contributed by atoms with E-state index in [1.807, 2.05) is 35.2 Å². The van der Waals surface area contributed by atoms with E-state index in [-0.39, 0.29) is 6.42 Å². The molecule has 3 aliphatic heterocycles. The maximum Gasteiger partial charge on any atom is 0.307 e. The Kier molecular flexibility index (Phi) is 5.22. The molecule has 1 N–H and O–H groups in total. The van der Waals surface area contributed by atoms with E-state index >= 15 is 0 Å². The summed E-state index contributed by atoms with van der Waals surface area (Å²) in [5.74, 6) is -3.88. The first kappa shape index (κ1) is 21.6. The average molecular weight is 468 g/mol. The first-order chi connectivity index (χ1) is 15.9. The first-order valence-electron chi connectivity index (χ1n) is 10.7. The molecule has 0 bridgehead atoms. The van der Waals surface area contributed by atoms with Crippen LogP contribution in [0.5, 0.6) is 0 Å². The molecule has 0 spiro atoms. The topological polar surface area (TPSA) is 96.0 Å². The minimum Gasteiger partial charge on any atom is -0.469 e. The van der Waals surface area contributed by atoms with E-state index in [1.165, 1.54) is 7.11 Å². The van der Waals surface area contributed by atoms with Crippen LogP contribution in [0.4, 0.5) is 5.69 Å². The SMILES string of the molecule is COC(=O)C[C@]12C(=O)NCCN1[C@H](c1ccccc1)[C@H]1C(=O)N(c3cccc(Cl)c3)C(=O)[C@@H]12. The van der Waals surface area contributed by atoms with E-state index in [0.717, 1.165) is 10.5 Å². The fraction of sp³-hybridized carbons (Fsp3) is 0.333. The highest BCUT2D eigenvalue weighted by molar-refractivity contribution is 6.31. The summed E-state index contributed by atoms with van der Waals surface area (Å²) >= 11 is 6.13. The van der Waals surface area contributed by atoms with Gasteiger partial charge in [0.1, 0.15) is 5.54 Å². The Labute approximate surface area is 195 Å². The van der Waals surface area contributed by atoms with E-state index in [1.54, 1.807) is 24.3 Å². The number of hydrogen-bond donors (Lipinski definition) is 1. The van der Waals surface area contributed by atoms with Crippen LogP contribution in [0.2, 0.25) is 5.02 Å². The number of esters is 1. The van der Waals surface area contributed by atoms with Crippen molar-refractivity contribution in [2.75, 3.05) is 25.1 Å². The van der Waals surface area contributed by atoms with Crippen molar-refractivity contribution >= 4 is 41.0 Å². The predicted molar refractivity (Wildman–Crippen MR) is 119 cm³/mol. The van der Waals surface area contributed by atoms with E-state index in [4.69, 9.17) is 16.3 Å². The third-order valence-corrected chi connectivity index (χ3v) is 7.17. The second-order valence-electron chi connectivity index (χ2n) is 8.48. The smallest absolute Gasteiger partial charge is 0.307 e. The Morgan fingerprint density at radius 3 is 2.58 bits per heavy atom. The summed E-state index contributed by atoms with van der Waals surface area (Å²) in [6.07, 6.45) is -0.331. The van der Waals surface area contributed by atoms with Gasteiger partial charge in [-0.25, -0.2) is 4.90 Å². The maximum atomic E-state index is 13.9. The zero-order valence-corrected chi connectivity index (χ0v) is 18.6. The number of imide groups is 1. The molecule has 0 aliphatic carbocycles. The highest BCUT2D eigenvalue weighted by Crippen LogP contribution is 2.57. The van der Waals surface area contributed by atoms with Crippen LogP contribution in [-0.2, 0) is 23.9 Å². The van der Waals surface area contributed by atoms with Gasteiger partial charge in [0.25, 0.3) is 0 Å². The van der Waals surface area contributed by atoms with Crippen molar-refractivity contribution < 1.29 is 23.9 Å². The third-order valence-electron chi connectivity index (χ3n) is 6.93. The van der Waals surface area contributed by atoms with Crippen molar-refractivity contribution in [1.82, 2.24) is 10.2 Å². The molecule has 33 heavy (non-hydrogen) atoms. The monoisotopic (exact) mass is 467 g/mol. The van der Waals surface area contributed by atoms with Crippen LogP contribution in [0.25, 0.3) is 0 Å². The molecule has 0 saturated carbocycles. The summed E-state index contributed by atoms with van der Waals surface area (Å²) in [7, 11) is 1.24. The number of carbonyl (C=O) groups excluding carboxylic acids is 4. The molecule has 3 aliphatic rings. The second kappa shape index (κ2) is 7.97. The normalized spacial score (nSPS) is 29.0. The number of benzene rings is 2. The number of anilines is 1. The fourth-order valence-electron chi connectivity index (χ4n) is 5.68. The number of nitrogens with zero attached hydrogens (tertiary/aromatic N) is 2. The lowest BCUT2D eigenvalue weighted by Crippen LogP contribution is -2.67. The van der Waals surface area contributed by atoms with Gasteiger partial charge in [0.05, 0.1) is 31.1 Å². The molecule has 4 atom stereocenters. The Hall–Kier alpha value is -3.23. The van der Waals surface area contributed by atoms with Crippen LogP contribution in [-0.4, -0.2) is 54.3 Å². The molecular formula is C24H22ClN3O5. The van der Waals surface area contributed by atoms with Crippen LogP contribution in [0.3, 0.4) is 0 Å². The van der Waals surface area contributed by atoms with Crippen LogP contribution in [0.15, 0.2) is 54.6 Å². The number of ether oxygens (including phenoxy) is 1. The third kappa shape index (κ3) is 3.08. The van der Waals surface area contributed by atoms with Gasteiger partial charge in [-0.05, 0) is 23.8 Å². The summed E-state index contributed by atoms with van der Waals surface area (Å²) in [5, 5.41) is 3.20. The van der Waals surface area contributed by atoms with Crippen LogP contribution in [0, 0.1) is 11.8 Å². The number of carbonyl (C=O) groups is 4. The number of rotatable bonds is 4. The van der Waals surface area contributed by atoms with Crippen molar-refractivity contribution in [2.24, 2.45) is 11.8 Å². The van der Waals surface area contributed by atoms with Gasteiger partial charge in [-0.15, -0.1) is 0 Å². The molecule has 0 radical (unpaired) electrons. The zero-order chi connectivity index (χ0) is 23.3. The summed E-state index contributed by atoms with van der Waals surface area (Å²) in [6.45, 7) is 0.748. The van der Waals surface area contributed by atoms with E-state index in [9.17, 15) is 19.2 Å². The van der Waals surface area contributed by atoms with Crippen LogP contribution < -0.4 is 10.2 Å². The fourth-order valence-corrected chi connectivity index (χ4v) is 5.86. The molecular weight excluding hydrogens is 446 g/mol. The first-order valence-corrected chi connectivity index (χ1v) is 11.1. The van der Waals surface area contributed by atoms with Crippen LogP contribution in [0.1, 0.15) is 18.0 Å². The van der Waals surface area contributed by atoms with Gasteiger partial charge < -0.3 is 10.1 Å². The van der Waals surface area contributed by atoms with Gasteiger partial charge in [-0.3, -0.25) is 24.1 Å². The molecule has 0 aromatic heterocycles. The lowest BCUT2D eigenvalue weighted by atomic mass is 9.76.